The first kappa shape index (κ1) is 23.0. The zero-order valence-corrected chi connectivity index (χ0v) is 19.2. The summed E-state index contributed by atoms with van der Waals surface area (Å²) in [4.78, 5) is 12.6. The Morgan fingerprint density at radius 1 is 1.04 bits per heavy atom. The van der Waals surface area contributed by atoms with Crippen molar-refractivity contribution in [3.63, 3.8) is 0 Å². The Morgan fingerprint density at radius 3 is 2.20 bits per heavy atom. The van der Waals surface area contributed by atoms with Crippen LogP contribution >= 0.6 is 24.0 Å². The van der Waals surface area contributed by atoms with Crippen LogP contribution in [0.15, 0.2) is 4.99 Å². The van der Waals surface area contributed by atoms with Gasteiger partial charge in [-0.3, -0.25) is 4.99 Å². The molecule has 2 fully saturated rings. The second-order valence-electron chi connectivity index (χ2n) is 7.70. The van der Waals surface area contributed by atoms with E-state index in [1.165, 1.54) is 52.1 Å². The third kappa shape index (κ3) is 7.99. The van der Waals surface area contributed by atoms with E-state index in [1.54, 1.807) is 0 Å². The largest absolute Gasteiger partial charge is 0.357 e. The second-order valence-corrected chi connectivity index (χ2v) is 7.70. The number of likely N-dealkylation sites (tertiary alicyclic amines) is 1. The van der Waals surface area contributed by atoms with Crippen LogP contribution in [-0.4, -0.2) is 86.1 Å². The minimum atomic E-state index is 0. The number of hydrogen-bond acceptors (Lipinski definition) is 3. The summed E-state index contributed by atoms with van der Waals surface area (Å²) >= 11 is 0. The Kier molecular flexibility index (Phi) is 11.3. The van der Waals surface area contributed by atoms with E-state index in [0.29, 0.717) is 5.92 Å². The molecule has 2 aliphatic rings. The number of rotatable bonds is 6. The van der Waals surface area contributed by atoms with Crippen molar-refractivity contribution in [3.8, 4) is 0 Å². The highest BCUT2D eigenvalue weighted by Gasteiger charge is 2.20. The lowest BCUT2D eigenvalue weighted by atomic mass is 9.99. The van der Waals surface area contributed by atoms with Crippen LogP contribution in [0.3, 0.4) is 0 Å². The molecule has 1 atom stereocenters. The third-order valence-corrected chi connectivity index (χ3v) is 5.45. The molecule has 2 aliphatic heterocycles. The van der Waals surface area contributed by atoms with Gasteiger partial charge in [0.2, 0.25) is 0 Å². The molecule has 0 radical (unpaired) electrons. The quantitative estimate of drug-likeness (QED) is 0.372. The molecule has 2 heterocycles. The van der Waals surface area contributed by atoms with Crippen LogP contribution in [0.4, 0.5) is 0 Å². The number of halogens is 1. The fraction of sp³-hybridized carbons (Fsp3) is 0.947. The molecule has 0 saturated carbocycles. The third-order valence-electron chi connectivity index (χ3n) is 5.45. The minimum Gasteiger partial charge on any atom is -0.357 e. The number of nitrogens with zero attached hydrogens (tertiary/aromatic N) is 4. The summed E-state index contributed by atoms with van der Waals surface area (Å²) in [5, 5.41) is 3.50. The molecule has 0 spiro atoms. The van der Waals surface area contributed by atoms with E-state index in [9.17, 15) is 0 Å². The molecule has 6 heteroatoms. The van der Waals surface area contributed by atoms with Gasteiger partial charge in [0.15, 0.2) is 5.96 Å². The molecule has 2 saturated heterocycles. The number of piperazine rings is 1. The lowest BCUT2D eigenvalue weighted by molar-refractivity contribution is 0.125. The molecule has 5 nitrogen and oxygen atoms in total. The van der Waals surface area contributed by atoms with Gasteiger partial charge >= 0.3 is 0 Å². The maximum Gasteiger partial charge on any atom is 0.193 e. The summed E-state index contributed by atoms with van der Waals surface area (Å²) in [7, 11) is 0. The van der Waals surface area contributed by atoms with E-state index in [1.807, 2.05) is 0 Å². The van der Waals surface area contributed by atoms with Crippen molar-refractivity contribution in [1.29, 1.82) is 0 Å². The van der Waals surface area contributed by atoms with Crippen LogP contribution in [-0.2, 0) is 0 Å². The number of piperidine rings is 1. The Bertz CT molecular complexity index is 374. The van der Waals surface area contributed by atoms with Crippen molar-refractivity contribution in [2.45, 2.75) is 40.5 Å². The van der Waals surface area contributed by atoms with E-state index in [4.69, 9.17) is 4.99 Å². The van der Waals surface area contributed by atoms with Crippen LogP contribution in [0.25, 0.3) is 0 Å². The first-order chi connectivity index (χ1) is 11.6. The van der Waals surface area contributed by atoms with Gasteiger partial charge < -0.3 is 20.0 Å². The zero-order valence-electron chi connectivity index (χ0n) is 16.8. The SMILES string of the molecule is CCNC(=NCC(C)CN1CCN(CC)CC1)N1CCC(C)CC1.I. The fourth-order valence-corrected chi connectivity index (χ4v) is 3.68. The average molecular weight is 465 g/mol. The molecule has 1 unspecified atom stereocenters. The Balaban J connectivity index is 0.00000312. The number of hydrogen-bond donors (Lipinski definition) is 1. The maximum absolute atomic E-state index is 4.95. The summed E-state index contributed by atoms with van der Waals surface area (Å²) in [6.45, 7) is 20.6. The van der Waals surface area contributed by atoms with Crippen LogP contribution in [0.5, 0.6) is 0 Å². The Labute approximate surface area is 172 Å². The van der Waals surface area contributed by atoms with Gasteiger partial charge in [-0.1, -0.05) is 20.8 Å². The molecule has 0 bridgehead atoms. The number of aliphatic imine (C=N–C) groups is 1. The molecule has 148 valence electrons. The molecule has 0 aromatic rings. The first-order valence-electron chi connectivity index (χ1n) is 10.1. The van der Waals surface area contributed by atoms with Crippen LogP contribution in [0.2, 0.25) is 0 Å². The molecule has 0 aliphatic carbocycles. The predicted molar refractivity (Wildman–Crippen MR) is 119 cm³/mol. The van der Waals surface area contributed by atoms with Crippen molar-refractivity contribution in [3.05, 3.63) is 0 Å². The summed E-state index contributed by atoms with van der Waals surface area (Å²) in [5.41, 5.74) is 0. The van der Waals surface area contributed by atoms with Crippen molar-refractivity contribution in [2.75, 3.05) is 65.4 Å². The smallest absolute Gasteiger partial charge is 0.193 e. The standard InChI is InChI=1S/C19H39N5.HI/c1-5-20-19(24-9-7-17(3)8-10-24)21-15-18(4)16-23-13-11-22(6-2)12-14-23;/h17-18H,5-16H2,1-4H3,(H,20,21);1H. The van der Waals surface area contributed by atoms with Gasteiger partial charge in [-0.05, 0) is 38.1 Å². The van der Waals surface area contributed by atoms with Crippen molar-refractivity contribution in [1.82, 2.24) is 20.0 Å². The fourth-order valence-electron chi connectivity index (χ4n) is 3.68. The number of nitrogens with one attached hydrogen (secondary N) is 1. The van der Waals surface area contributed by atoms with Gasteiger partial charge in [-0.15, -0.1) is 24.0 Å². The average Bonchev–Trinajstić information content (AvgIpc) is 2.60. The molecule has 0 aromatic carbocycles. The Morgan fingerprint density at radius 2 is 1.64 bits per heavy atom. The monoisotopic (exact) mass is 465 g/mol. The first-order valence-corrected chi connectivity index (χ1v) is 10.1. The van der Waals surface area contributed by atoms with Gasteiger partial charge in [-0.2, -0.15) is 0 Å². The van der Waals surface area contributed by atoms with Crippen molar-refractivity contribution < 1.29 is 0 Å². The van der Waals surface area contributed by atoms with Gasteiger partial charge in [0.05, 0.1) is 0 Å². The summed E-state index contributed by atoms with van der Waals surface area (Å²) in [6, 6.07) is 0. The molecule has 2 rings (SSSR count). The molecular formula is C19H40IN5. The minimum absolute atomic E-state index is 0. The van der Waals surface area contributed by atoms with E-state index in [0.717, 1.165) is 38.1 Å². The maximum atomic E-state index is 4.95. The molecule has 0 aromatic heterocycles. The Hall–Kier alpha value is -0.0800. The second kappa shape index (κ2) is 12.3. The number of likely N-dealkylation sites (N-methyl/N-ethyl adjacent to an activating group) is 1. The predicted octanol–water partition coefficient (Wildman–Crippen LogP) is 2.58. The molecule has 25 heavy (non-hydrogen) atoms. The van der Waals surface area contributed by atoms with E-state index < -0.39 is 0 Å². The van der Waals surface area contributed by atoms with E-state index in [-0.39, 0.29) is 24.0 Å². The van der Waals surface area contributed by atoms with E-state index >= 15 is 0 Å². The molecular weight excluding hydrogens is 425 g/mol. The normalized spacial score (nSPS) is 22.6. The highest BCUT2D eigenvalue weighted by atomic mass is 127. The lowest BCUT2D eigenvalue weighted by Gasteiger charge is -2.35. The molecule has 0 amide bonds. The summed E-state index contributed by atoms with van der Waals surface area (Å²) in [5.74, 6) is 2.62. The highest BCUT2D eigenvalue weighted by molar-refractivity contribution is 14.0. The topological polar surface area (TPSA) is 34.1 Å². The zero-order chi connectivity index (χ0) is 17.4. The van der Waals surface area contributed by atoms with Gasteiger partial charge in [-0.25, -0.2) is 0 Å². The van der Waals surface area contributed by atoms with E-state index in [2.05, 4.69) is 47.7 Å². The lowest BCUT2D eigenvalue weighted by Crippen LogP contribution is -2.48. The van der Waals surface area contributed by atoms with Gasteiger partial charge in [0, 0.05) is 58.9 Å². The highest BCUT2D eigenvalue weighted by Crippen LogP contribution is 2.16. The van der Waals surface area contributed by atoms with Crippen molar-refractivity contribution >= 4 is 29.9 Å². The van der Waals surface area contributed by atoms with Crippen LogP contribution in [0.1, 0.15) is 40.5 Å². The van der Waals surface area contributed by atoms with Crippen molar-refractivity contribution in [2.24, 2.45) is 16.8 Å². The van der Waals surface area contributed by atoms with Crippen LogP contribution < -0.4 is 5.32 Å². The van der Waals surface area contributed by atoms with Gasteiger partial charge in [0.25, 0.3) is 0 Å². The summed E-state index contributed by atoms with van der Waals surface area (Å²) in [6.07, 6.45) is 2.59. The number of guanidine groups is 1. The summed E-state index contributed by atoms with van der Waals surface area (Å²) < 4.78 is 0. The van der Waals surface area contributed by atoms with Crippen LogP contribution in [0, 0.1) is 11.8 Å². The molecule has 1 N–H and O–H groups in total. The van der Waals surface area contributed by atoms with Gasteiger partial charge in [0.1, 0.15) is 0 Å².